The number of aromatic nitrogens is 1. The molecular formula is C9H9NO3. The molecule has 0 saturated heterocycles. The molecule has 0 aliphatic carbocycles. The topological polar surface area (TPSA) is 52.3 Å². The first-order chi connectivity index (χ1) is 6.13. The van der Waals surface area contributed by atoms with Gasteiger partial charge in [0.05, 0.1) is 0 Å². The Hall–Kier alpha value is -1.76. The molecule has 1 aromatic heterocycles. The van der Waals surface area contributed by atoms with Crippen LogP contribution in [-0.4, -0.2) is 17.1 Å². The Balaban J connectivity index is 2.65. The lowest BCUT2D eigenvalue weighted by atomic mass is 10.4. The van der Waals surface area contributed by atoms with Crippen LogP contribution in [0.25, 0.3) is 0 Å². The number of carbonyl (C=O) groups excluding carboxylic acids is 1. The second kappa shape index (κ2) is 3.76. The highest BCUT2D eigenvalue weighted by Gasteiger charge is 2.13. The summed E-state index contributed by atoms with van der Waals surface area (Å²) in [6, 6.07) is 0. The van der Waals surface area contributed by atoms with Crippen LogP contribution in [-0.2, 0) is 4.74 Å². The van der Waals surface area contributed by atoms with Gasteiger partial charge in [0.2, 0.25) is 0 Å². The van der Waals surface area contributed by atoms with E-state index in [1.54, 1.807) is 13.8 Å². The minimum Gasteiger partial charge on any atom is -0.448 e. The van der Waals surface area contributed by atoms with E-state index in [9.17, 15) is 4.79 Å². The third-order valence-corrected chi connectivity index (χ3v) is 1.35. The van der Waals surface area contributed by atoms with E-state index in [0.29, 0.717) is 5.89 Å². The van der Waals surface area contributed by atoms with E-state index >= 15 is 0 Å². The van der Waals surface area contributed by atoms with Crippen molar-refractivity contribution in [2.24, 2.45) is 0 Å². The number of carbonyl (C=O) groups is 1. The Morgan fingerprint density at radius 3 is 3.00 bits per heavy atom. The van der Waals surface area contributed by atoms with Gasteiger partial charge in [0.1, 0.15) is 6.26 Å². The Kier molecular flexibility index (Phi) is 2.70. The largest absolute Gasteiger partial charge is 0.448 e. The predicted molar refractivity (Wildman–Crippen MR) is 45.0 cm³/mol. The van der Waals surface area contributed by atoms with Crippen LogP contribution in [0.4, 0.5) is 0 Å². The number of oxazole rings is 1. The fraction of sp³-hybridized carbons (Fsp3) is 0.333. The summed E-state index contributed by atoms with van der Waals surface area (Å²) in [5, 5.41) is 0. The van der Waals surface area contributed by atoms with Crippen LogP contribution in [0.2, 0.25) is 0 Å². The lowest BCUT2D eigenvalue weighted by Crippen LogP contribution is -2.13. The van der Waals surface area contributed by atoms with Gasteiger partial charge in [-0.05, 0) is 6.92 Å². The molecule has 1 heterocycles. The molecule has 13 heavy (non-hydrogen) atoms. The van der Waals surface area contributed by atoms with Crippen LogP contribution >= 0.6 is 0 Å². The van der Waals surface area contributed by atoms with Gasteiger partial charge < -0.3 is 9.15 Å². The Morgan fingerprint density at radius 1 is 1.85 bits per heavy atom. The van der Waals surface area contributed by atoms with E-state index in [4.69, 9.17) is 15.6 Å². The van der Waals surface area contributed by atoms with E-state index in [1.807, 2.05) is 0 Å². The second-order valence-electron chi connectivity index (χ2n) is 2.47. The van der Waals surface area contributed by atoms with Crippen molar-refractivity contribution >= 4 is 5.97 Å². The van der Waals surface area contributed by atoms with Crippen molar-refractivity contribution in [1.82, 2.24) is 4.98 Å². The van der Waals surface area contributed by atoms with Crippen molar-refractivity contribution in [2.75, 3.05) is 0 Å². The van der Waals surface area contributed by atoms with Crippen LogP contribution in [0.5, 0.6) is 0 Å². The van der Waals surface area contributed by atoms with Gasteiger partial charge in [0.15, 0.2) is 17.7 Å². The van der Waals surface area contributed by atoms with Crippen LogP contribution in [0, 0.1) is 19.3 Å². The molecule has 0 N–H and O–H groups in total. The van der Waals surface area contributed by atoms with E-state index < -0.39 is 12.1 Å². The maximum Gasteiger partial charge on any atom is 0.361 e. The van der Waals surface area contributed by atoms with E-state index in [1.165, 1.54) is 6.26 Å². The molecule has 0 aliphatic rings. The number of hydrogen-bond donors (Lipinski definition) is 0. The molecule has 4 nitrogen and oxygen atoms in total. The summed E-state index contributed by atoms with van der Waals surface area (Å²) in [6.45, 7) is 3.24. The monoisotopic (exact) mass is 179 g/mol. The molecular weight excluding hydrogens is 170 g/mol. The molecule has 1 atom stereocenters. The first-order valence-electron chi connectivity index (χ1n) is 3.72. The lowest BCUT2D eigenvalue weighted by molar-refractivity contribution is 0.0431. The van der Waals surface area contributed by atoms with E-state index in [0.717, 1.165) is 0 Å². The Morgan fingerprint density at radius 2 is 2.54 bits per heavy atom. The van der Waals surface area contributed by atoms with Crippen molar-refractivity contribution in [3.8, 4) is 12.3 Å². The van der Waals surface area contributed by atoms with Gasteiger partial charge >= 0.3 is 5.97 Å². The molecule has 68 valence electrons. The number of rotatable bonds is 2. The molecule has 1 aromatic rings. The van der Waals surface area contributed by atoms with Crippen molar-refractivity contribution in [1.29, 1.82) is 0 Å². The molecule has 0 fully saturated rings. The standard InChI is InChI=1S/C9H9NO3/c1-4-6(2)13-9(11)8-5-12-7(3)10-8/h1,5-6H,2-3H3. The molecule has 1 unspecified atom stereocenters. The SMILES string of the molecule is C#CC(C)OC(=O)c1coc(C)n1. The maximum atomic E-state index is 11.2. The fourth-order valence-corrected chi connectivity index (χ4v) is 0.712. The first-order valence-corrected chi connectivity index (χ1v) is 3.72. The van der Waals surface area contributed by atoms with Crippen LogP contribution in [0.15, 0.2) is 10.7 Å². The predicted octanol–water partition coefficient (Wildman–Crippen LogP) is 1.16. The summed E-state index contributed by atoms with van der Waals surface area (Å²) in [6.07, 6.45) is 5.72. The zero-order valence-corrected chi connectivity index (χ0v) is 7.40. The third-order valence-electron chi connectivity index (χ3n) is 1.35. The number of aryl methyl sites for hydroxylation is 1. The van der Waals surface area contributed by atoms with E-state index in [2.05, 4.69) is 10.9 Å². The number of terminal acetylenes is 1. The summed E-state index contributed by atoms with van der Waals surface area (Å²) in [5.41, 5.74) is 0.139. The summed E-state index contributed by atoms with van der Waals surface area (Å²) in [5.74, 6) is 2.12. The maximum absolute atomic E-state index is 11.2. The minimum absolute atomic E-state index is 0.139. The third kappa shape index (κ3) is 2.34. The summed E-state index contributed by atoms with van der Waals surface area (Å²) >= 11 is 0. The molecule has 0 bridgehead atoms. The molecule has 0 aromatic carbocycles. The molecule has 4 heteroatoms. The fourth-order valence-electron chi connectivity index (χ4n) is 0.712. The molecule has 0 aliphatic heterocycles. The van der Waals surface area contributed by atoms with Crippen molar-refractivity contribution in [2.45, 2.75) is 20.0 Å². The summed E-state index contributed by atoms with van der Waals surface area (Å²) in [4.78, 5) is 15.0. The van der Waals surface area contributed by atoms with Crippen LogP contribution < -0.4 is 0 Å². The van der Waals surface area contributed by atoms with Crippen molar-refractivity contribution < 1.29 is 13.9 Å². The van der Waals surface area contributed by atoms with Gasteiger partial charge in [0, 0.05) is 6.92 Å². The number of hydrogen-bond acceptors (Lipinski definition) is 4. The molecule has 1 rings (SSSR count). The molecule has 0 amide bonds. The first kappa shape index (κ1) is 9.33. The highest BCUT2D eigenvalue weighted by atomic mass is 16.5. The summed E-state index contributed by atoms with van der Waals surface area (Å²) in [7, 11) is 0. The highest BCUT2D eigenvalue weighted by molar-refractivity contribution is 5.87. The number of ether oxygens (including phenoxy) is 1. The zero-order valence-electron chi connectivity index (χ0n) is 7.40. The highest BCUT2D eigenvalue weighted by Crippen LogP contribution is 2.03. The normalized spacial score (nSPS) is 11.8. The lowest BCUT2D eigenvalue weighted by Gasteiger charge is -2.03. The number of esters is 1. The molecule has 0 saturated carbocycles. The van der Waals surface area contributed by atoms with Crippen LogP contribution in [0.3, 0.4) is 0 Å². The Bertz CT molecular complexity index is 348. The van der Waals surface area contributed by atoms with E-state index in [-0.39, 0.29) is 5.69 Å². The zero-order chi connectivity index (χ0) is 9.84. The van der Waals surface area contributed by atoms with Gasteiger partial charge in [-0.1, -0.05) is 5.92 Å². The minimum atomic E-state index is -0.567. The van der Waals surface area contributed by atoms with Gasteiger partial charge in [-0.15, -0.1) is 6.42 Å². The second-order valence-corrected chi connectivity index (χ2v) is 2.47. The summed E-state index contributed by atoms with van der Waals surface area (Å²) < 4.78 is 9.64. The quantitative estimate of drug-likeness (QED) is 0.505. The van der Waals surface area contributed by atoms with Crippen molar-refractivity contribution in [3.63, 3.8) is 0 Å². The van der Waals surface area contributed by atoms with Gasteiger partial charge in [-0.25, -0.2) is 9.78 Å². The Labute approximate surface area is 75.9 Å². The van der Waals surface area contributed by atoms with Gasteiger partial charge in [0.25, 0.3) is 0 Å². The number of nitrogens with zero attached hydrogens (tertiary/aromatic N) is 1. The molecule has 0 radical (unpaired) electrons. The molecule has 0 spiro atoms. The average Bonchev–Trinajstić information content (AvgIpc) is 2.51. The van der Waals surface area contributed by atoms with Crippen molar-refractivity contribution in [3.05, 3.63) is 17.8 Å². The average molecular weight is 179 g/mol. The smallest absolute Gasteiger partial charge is 0.361 e. The van der Waals surface area contributed by atoms with Crippen LogP contribution in [0.1, 0.15) is 23.3 Å². The van der Waals surface area contributed by atoms with Gasteiger partial charge in [-0.3, -0.25) is 0 Å². The van der Waals surface area contributed by atoms with Gasteiger partial charge in [-0.2, -0.15) is 0 Å².